The summed E-state index contributed by atoms with van der Waals surface area (Å²) in [5.41, 5.74) is 4.95. The highest BCUT2D eigenvalue weighted by Gasteiger charge is 2.13. The van der Waals surface area contributed by atoms with Crippen LogP contribution in [0.25, 0.3) is 33.4 Å². The number of hydrogen-bond acceptors (Lipinski definition) is 9. The van der Waals surface area contributed by atoms with Crippen molar-refractivity contribution in [1.82, 2.24) is 35.1 Å². The van der Waals surface area contributed by atoms with E-state index in [4.69, 9.17) is 14.1 Å². The third-order valence-corrected chi connectivity index (χ3v) is 5.32. The number of benzene rings is 2. The van der Waals surface area contributed by atoms with Gasteiger partial charge in [0.1, 0.15) is 12.4 Å². The monoisotopic (exact) mass is 462 g/mol. The fourth-order valence-electron chi connectivity index (χ4n) is 3.66. The zero-order valence-electron chi connectivity index (χ0n) is 18.3. The summed E-state index contributed by atoms with van der Waals surface area (Å²) in [6.45, 7) is 0.273. The highest BCUT2D eigenvalue weighted by molar-refractivity contribution is 5.88. The van der Waals surface area contributed by atoms with Gasteiger partial charge in [-0.25, -0.2) is 15.0 Å². The number of nitrogens with one attached hydrogen (secondary N) is 2. The number of fused-ring (bicyclic) bond motifs is 1. The molecule has 2 N–H and O–H groups in total. The van der Waals surface area contributed by atoms with E-state index in [2.05, 4.69) is 35.5 Å². The van der Waals surface area contributed by atoms with Gasteiger partial charge in [-0.3, -0.25) is 15.1 Å². The van der Waals surface area contributed by atoms with Crippen molar-refractivity contribution in [3.63, 3.8) is 0 Å². The number of oxazole rings is 1. The Bertz CT molecular complexity index is 1570. The molecule has 10 nitrogen and oxygen atoms in total. The smallest absolute Gasteiger partial charge is 0.227 e. The number of ether oxygens (including phenoxy) is 1. The fraction of sp³-hybridized carbons (Fsp3) is 0.0400. The quantitative estimate of drug-likeness (QED) is 0.344. The van der Waals surface area contributed by atoms with Crippen LogP contribution in [0.5, 0.6) is 5.75 Å². The van der Waals surface area contributed by atoms with E-state index in [9.17, 15) is 0 Å². The van der Waals surface area contributed by atoms with Crippen LogP contribution in [0.4, 0.5) is 11.6 Å². The molecule has 10 heteroatoms. The molecule has 0 fully saturated rings. The van der Waals surface area contributed by atoms with Crippen LogP contribution in [0.15, 0.2) is 90.6 Å². The molecule has 0 atom stereocenters. The van der Waals surface area contributed by atoms with E-state index in [1.54, 1.807) is 37.2 Å². The topological polar surface area (TPSA) is 128 Å². The summed E-state index contributed by atoms with van der Waals surface area (Å²) >= 11 is 0. The summed E-state index contributed by atoms with van der Waals surface area (Å²) in [7, 11) is 0. The number of anilines is 2. The van der Waals surface area contributed by atoms with E-state index < -0.39 is 0 Å². The van der Waals surface area contributed by atoms with Crippen molar-refractivity contribution in [3.8, 4) is 28.2 Å². The van der Waals surface area contributed by atoms with Gasteiger partial charge in [-0.05, 0) is 18.2 Å². The SMILES string of the molecule is c1cc(Nc2ncc3cc(-c4cn[nH]c4)c(OCc4cnccn4)cc3n2)cc(-c2cnco2)c1. The van der Waals surface area contributed by atoms with Gasteiger partial charge in [0.25, 0.3) is 0 Å². The van der Waals surface area contributed by atoms with E-state index in [-0.39, 0.29) is 6.61 Å². The Morgan fingerprint density at radius 1 is 0.943 bits per heavy atom. The standard InChI is InChI=1S/C25H18N8O2/c1-2-16(24-13-27-15-35-24)6-19(3-1)32-25-29-9-17-7-21(18-10-30-31-11-18)23(8-22(17)33-25)34-14-20-12-26-4-5-28-20/h1-13,15H,14H2,(H,30,31)(H,29,32,33). The second kappa shape index (κ2) is 9.02. The minimum atomic E-state index is 0.273. The molecule has 2 aromatic carbocycles. The molecule has 0 aliphatic rings. The van der Waals surface area contributed by atoms with Crippen molar-refractivity contribution < 1.29 is 9.15 Å². The second-order valence-corrected chi connectivity index (χ2v) is 7.64. The first kappa shape index (κ1) is 20.5. The van der Waals surface area contributed by atoms with Crippen LogP contribution < -0.4 is 10.1 Å². The minimum Gasteiger partial charge on any atom is -0.487 e. The van der Waals surface area contributed by atoms with E-state index in [1.807, 2.05) is 42.6 Å². The predicted octanol–water partition coefficient (Wildman–Crippen LogP) is 4.79. The third-order valence-electron chi connectivity index (χ3n) is 5.32. The van der Waals surface area contributed by atoms with Crippen LogP contribution in [0.3, 0.4) is 0 Å². The van der Waals surface area contributed by atoms with Gasteiger partial charge in [-0.1, -0.05) is 12.1 Å². The summed E-state index contributed by atoms with van der Waals surface area (Å²) in [6.07, 6.45) is 13.4. The van der Waals surface area contributed by atoms with Crippen molar-refractivity contribution in [2.75, 3.05) is 5.32 Å². The van der Waals surface area contributed by atoms with Gasteiger partial charge >= 0.3 is 0 Å². The molecular formula is C25H18N8O2. The van der Waals surface area contributed by atoms with E-state index in [0.717, 1.165) is 39.0 Å². The van der Waals surface area contributed by atoms with Gasteiger partial charge in [0.2, 0.25) is 5.95 Å². The van der Waals surface area contributed by atoms with E-state index >= 15 is 0 Å². The van der Waals surface area contributed by atoms with Gasteiger partial charge in [0, 0.05) is 58.6 Å². The maximum absolute atomic E-state index is 6.13. The van der Waals surface area contributed by atoms with Crippen molar-refractivity contribution in [2.24, 2.45) is 0 Å². The Morgan fingerprint density at radius 3 is 2.77 bits per heavy atom. The van der Waals surface area contributed by atoms with E-state index in [1.165, 1.54) is 6.39 Å². The highest BCUT2D eigenvalue weighted by atomic mass is 16.5. The number of nitrogens with zero attached hydrogens (tertiary/aromatic N) is 6. The molecular weight excluding hydrogens is 444 g/mol. The Balaban J connectivity index is 1.33. The Kier molecular flexibility index (Phi) is 5.28. The van der Waals surface area contributed by atoms with Crippen LogP contribution >= 0.6 is 0 Å². The van der Waals surface area contributed by atoms with Gasteiger partial charge in [-0.15, -0.1) is 0 Å². The van der Waals surface area contributed by atoms with Crippen molar-refractivity contribution in [2.45, 2.75) is 6.61 Å². The molecule has 0 saturated heterocycles. The van der Waals surface area contributed by atoms with Gasteiger partial charge in [0.15, 0.2) is 12.2 Å². The van der Waals surface area contributed by atoms with Gasteiger partial charge < -0.3 is 14.5 Å². The maximum Gasteiger partial charge on any atom is 0.227 e. The zero-order valence-corrected chi connectivity index (χ0v) is 18.3. The Morgan fingerprint density at radius 2 is 1.94 bits per heavy atom. The predicted molar refractivity (Wildman–Crippen MR) is 129 cm³/mol. The van der Waals surface area contributed by atoms with E-state index in [0.29, 0.717) is 17.5 Å². The van der Waals surface area contributed by atoms with Crippen LogP contribution in [0.2, 0.25) is 0 Å². The lowest BCUT2D eigenvalue weighted by Crippen LogP contribution is -2.01. The Hall–Kier alpha value is -5.12. The average molecular weight is 462 g/mol. The van der Waals surface area contributed by atoms with Crippen LogP contribution in [-0.4, -0.2) is 35.1 Å². The minimum absolute atomic E-state index is 0.273. The molecule has 6 rings (SSSR count). The van der Waals surface area contributed by atoms with Gasteiger partial charge in [0.05, 0.1) is 29.8 Å². The molecule has 0 spiro atoms. The van der Waals surface area contributed by atoms with Crippen LogP contribution in [0, 0.1) is 0 Å². The fourth-order valence-corrected chi connectivity index (χ4v) is 3.66. The summed E-state index contributed by atoms with van der Waals surface area (Å²) in [5.74, 6) is 1.80. The summed E-state index contributed by atoms with van der Waals surface area (Å²) < 4.78 is 11.5. The van der Waals surface area contributed by atoms with Gasteiger partial charge in [-0.2, -0.15) is 5.10 Å². The first-order valence-corrected chi connectivity index (χ1v) is 10.8. The first-order chi connectivity index (χ1) is 17.3. The molecule has 4 heterocycles. The number of H-pyrrole nitrogens is 1. The molecule has 0 saturated carbocycles. The molecule has 6 aromatic rings. The lowest BCUT2D eigenvalue weighted by molar-refractivity contribution is 0.302. The zero-order chi connectivity index (χ0) is 23.5. The molecule has 0 bridgehead atoms. The average Bonchev–Trinajstić information content (AvgIpc) is 3.63. The summed E-state index contributed by atoms with van der Waals surface area (Å²) in [4.78, 5) is 21.6. The van der Waals surface area contributed by atoms with Crippen molar-refractivity contribution in [3.05, 3.63) is 91.9 Å². The molecule has 170 valence electrons. The highest BCUT2D eigenvalue weighted by Crippen LogP contribution is 2.34. The number of aromatic amines is 1. The maximum atomic E-state index is 6.13. The van der Waals surface area contributed by atoms with Crippen LogP contribution in [0.1, 0.15) is 5.69 Å². The molecule has 0 amide bonds. The third kappa shape index (κ3) is 4.40. The van der Waals surface area contributed by atoms with Crippen molar-refractivity contribution in [1.29, 1.82) is 0 Å². The second-order valence-electron chi connectivity index (χ2n) is 7.64. The molecule has 0 aliphatic heterocycles. The summed E-state index contributed by atoms with van der Waals surface area (Å²) in [5, 5.41) is 11.0. The lowest BCUT2D eigenvalue weighted by Gasteiger charge is -2.12. The molecule has 4 aromatic heterocycles. The summed E-state index contributed by atoms with van der Waals surface area (Å²) in [6, 6.07) is 11.6. The largest absolute Gasteiger partial charge is 0.487 e. The number of rotatable bonds is 7. The lowest BCUT2D eigenvalue weighted by atomic mass is 10.1. The molecule has 0 radical (unpaired) electrons. The molecule has 35 heavy (non-hydrogen) atoms. The van der Waals surface area contributed by atoms with Crippen LogP contribution in [-0.2, 0) is 6.61 Å². The number of hydrogen-bond donors (Lipinski definition) is 2. The Labute approximate surface area is 199 Å². The normalized spacial score (nSPS) is 11.0. The molecule has 0 aliphatic carbocycles. The number of aromatic nitrogens is 7. The first-order valence-electron chi connectivity index (χ1n) is 10.8. The molecule has 0 unspecified atom stereocenters. The van der Waals surface area contributed by atoms with Crippen molar-refractivity contribution >= 4 is 22.5 Å².